The maximum absolute atomic E-state index is 14.1. The lowest BCUT2D eigenvalue weighted by Crippen LogP contribution is -2.59. The molecular formula is C47H61N7O9. The minimum Gasteiger partial charge on any atom is -0.497 e. The molecule has 16 nitrogen and oxygen atoms in total. The van der Waals surface area contributed by atoms with Crippen LogP contribution >= 0.6 is 0 Å². The second-order valence-electron chi connectivity index (χ2n) is 17.3. The summed E-state index contributed by atoms with van der Waals surface area (Å²) in [5, 5.41) is 5.27. The van der Waals surface area contributed by atoms with Crippen LogP contribution in [0.1, 0.15) is 101 Å². The Bertz CT molecular complexity index is 2030. The van der Waals surface area contributed by atoms with Gasteiger partial charge in [0.1, 0.15) is 28.9 Å². The Labute approximate surface area is 368 Å². The van der Waals surface area contributed by atoms with Gasteiger partial charge in [-0.25, -0.2) is 9.59 Å². The molecule has 3 aromatic rings. The normalized spacial score (nSPS) is 23.0. The summed E-state index contributed by atoms with van der Waals surface area (Å²) in [7, 11) is 4.08. The third-order valence-corrected chi connectivity index (χ3v) is 13.2. The zero-order chi connectivity index (χ0) is 45.8. The molecule has 0 bridgehead atoms. The first-order chi connectivity index (χ1) is 30.0. The first-order valence-corrected chi connectivity index (χ1v) is 21.6. The molecular weight excluding hydrogens is 807 g/mol. The number of hydrogen-bond donors (Lipinski definition) is 4. The number of likely N-dealkylation sites (tertiary alicyclic amines) is 2. The molecule has 3 aliphatic rings. The average molecular weight is 868 g/mol. The number of carbonyl (C=O) groups excluding carboxylic acids is 6. The number of nitrogens with one attached hydrogen (secondary N) is 2. The average Bonchev–Trinajstić information content (AvgIpc) is 4.05. The molecule has 3 saturated heterocycles. The fourth-order valence-electron chi connectivity index (χ4n) is 9.91. The predicted molar refractivity (Wildman–Crippen MR) is 235 cm³/mol. The maximum Gasteiger partial charge on any atom is 0.407 e. The highest BCUT2D eigenvalue weighted by atomic mass is 16.5. The van der Waals surface area contributed by atoms with Crippen molar-refractivity contribution in [3.05, 3.63) is 95.1 Å². The van der Waals surface area contributed by atoms with E-state index in [1.165, 1.54) is 24.0 Å². The first kappa shape index (κ1) is 46.2. The minimum absolute atomic E-state index is 0.104. The zero-order valence-corrected chi connectivity index (χ0v) is 37.2. The number of primary amides is 2. The highest BCUT2D eigenvalue weighted by molar-refractivity contribution is 5.96. The number of anilines is 1. The smallest absolute Gasteiger partial charge is 0.407 e. The number of hydrogen-bond acceptors (Lipinski definition) is 10. The third kappa shape index (κ3) is 8.59. The molecule has 3 aromatic carbocycles. The maximum atomic E-state index is 14.1. The Balaban J connectivity index is 1.33. The van der Waals surface area contributed by atoms with Crippen molar-refractivity contribution in [1.82, 2.24) is 20.4 Å². The van der Waals surface area contributed by atoms with Crippen LogP contribution in [0.3, 0.4) is 0 Å². The van der Waals surface area contributed by atoms with Crippen LogP contribution in [0.5, 0.6) is 5.75 Å². The van der Waals surface area contributed by atoms with E-state index >= 15 is 0 Å². The van der Waals surface area contributed by atoms with Crippen LogP contribution in [0.4, 0.5) is 15.3 Å². The second kappa shape index (κ2) is 19.0. The summed E-state index contributed by atoms with van der Waals surface area (Å²) in [6, 6.07) is 21.3. The van der Waals surface area contributed by atoms with Crippen molar-refractivity contribution in [2.24, 2.45) is 23.3 Å². The first-order valence-electron chi connectivity index (χ1n) is 21.6. The standard InChI is InChI=1S/C47H61N7O9/c1-28(2)38(50-44(59)62-6)40(55)52-26-8-24-46(52,42(48)57)32-14-10-30(11-15-32)36-22-23-37(54(36)34-18-20-35(61-5)21-19-34)31-12-16-33(17-13-31)47(43(49)58)25-9-27-53(47)41(56)39(29(3)4)51-45(60)63-7/h10-21,28-29,36-39H,8-9,22-27H2,1-7H3,(H2,48,57)(H2,49,58)(H,50,59)(H,51,60)/t36-,37?,38+,39+,46+,47+/m1/s1. The van der Waals surface area contributed by atoms with E-state index in [-0.39, 0.29) is 23.9 Å². The van der Waals surface area contributed by atoms with Gasteiger partial charge in [-0.3, -0.25) is 19.2 Å². The van der Waals surface area contributed by atoms with Gasteiger partial charge >= 0.3 is 12.2 Å². The van der Waals surface area contributed by atoms with Crippen molar-refractivity contribution < 1.29 is 43.0 Å². The molecule has 6 amide bonds. The predicted octanol–water partition coefficient (Wildman–Crippen LogP) is 5.15. The number of rotatable bonds is 14. The van der Waals surface area contributed by atoms with Gasteiger partial charge < -0.3 is 51.0 Å². The summed E-state index contributed by atoms with van der Waals surface area (Å²) in [6.45, 7) is 7.84. The van der Waals surface area contributed by atoms with Crippen LogP contribution in [-0.4, -0.2) is 92.1 Å². The van der Waals surface area contributed by atoms with E-state index in [0.29, 0.717) is 55.6 Å². The highest BCUT2D eigenvalue weighted by Crippen LogP contribution is 2.49. The number of carbonyl (C=O) groups is 6. The fraction of sp³-hybridized carbons (Fsp3) is 0.489. The van der Waals surface area contributed by atoms with Gasteiger partial charge in [-0.05, 0) is 96.9 Å². The van der Waals surface area contributed by atoms with Gasteiger partial charge in [-0.2, -0.15) is 0 Å². The molecule has 338 valence electrons. The van der Waals surface area contributed by atoms with Gasteiger partial charge in [0.05, 0.1) is 33.4 Å². The van der Waals surface area contributed by atoms with Gasteiger partial charge in [0, 0.05) is 18.8 Å². The lowest BCUT2D eigenvalue weighted by atomic mass is 9.84. The number of nitrogens with zero attached hydrogens (tertiary/aromatic N) is 3. The van der Waals surface area contributed by atoms with Crippen LogP contribution in [0, 0.1) is 11.8 Å². The molecule has 3 fully saturated rings. The molecule has 3 aliphatic heterocycles. The topological polar surface area (TPSA) is 216 Å². The number of ether oxygens (including phenoxy) is 3. The number of nitrogens with two attached hydrogens (primary N) is 2. The minimum atomic E-state index is -1.41. The van der Waals surface area contributed by atoms with E-state index in [1.807, 2.05) is 100 Å². The number of alkyl carbamates (subject to hydrolysis) is 2. The molecule has 63 heavy (non-hydrogen) atoms. The van der Waals surface area contributed by atoms with Crippen LogP contribution in [-0.2, 0) is 39.7 Å². The lowest BCUT2D eigenvalue weighted by molar-refractivity contribution is -0.146. The summed E-state index contributed by atoms with van der Waals surface area (Å²) in [6.07, 6.45) is 1.84. The second-order valence-corrected chi connectivity index (χ2v) is 17.3. The van der Waals surface area contributed by atoms with E-state index in [2.05, 4.69) is 15.5 Å². The molecule has 0 aliphatic carbocycles. The SMILES string of the molecule is COC(=O)N[C@H](C(=O)N1CCC[C@@]1(C(N)=O)c1ccc(C2CC[C@H](c3ccc([C@]4(C(N)=O)CCCN4C(=O)[C@@H](NC(=O)OC)C(C)C)cc3)N2c2ccc(OC)cc2)cc1)C(C)C. The summed E-state index contributed by atoms with van der Waals surface area (Å²) in [5.41, 5.74) is 13.7. The summed E-state index contributed by atoms with van der Waals surface area (Å²) in [4.78, 5) is 85.0. The van der Waals surface area contributed by atoms with Gasteiger partial charge in [0.2, 0.25) is 23.6 Å². The van der Waals surface area contributed by atoms with E-state index in [9.17, 15) is 28.8 Å². The monoisotopic (exact) mass is 867 g/mol. The quantitative estimate of drug-likeness (QED) is 0.167. The molecule has 6 rings (SSSR count). The van der Waals surface area contributed by atoms with Gasteiger partial charge in [-0.15, -0.1) is 0 Å². The van der Waals surface area contributed by atoms with E-state index < -0.39 is 59.0 Å². The number of benzene rings is 3. The number of amides is 6. The molecule has 1 unspecified atom stereocenters. The Kier molecular flexibility index (Phi) is 13.9. The van der Waals surface area contributed by atoms with Crippen molar-refractivity contribution in [3.63, 3.8) is 0 Å². The molecule has 3 heterocycles. The molecule has 0 radical (unpaired) electrons. The van der Waals surface area contributed by atoms with Gasteiger partial charge in [0.15, 0.2) is 0 Å². The molecule has 0 saturated carbocycles. The zero-order valence-electron chi connectivity index (χ0n) is 37.2. The summed E-state index contributed by atoms with van der Waals surface area (Å²) >= 11 is 0. The lowest BCUT2D eigenvalue weighted by Gasteiger charge is -2.39. The van der Waals surface area contributed by atoms with Crippen molar-refractivity contribution >= 4 is 41.5 Å². The third-order valence-electron chi connectivity index (χ3n) is 13.2. The summed E-state index contributed by atoms with van der Waals surface area (Å²) < 4.78 is 15.1. The Hall–Kier alpha value is -6.32. The van der Waals surface area contributed by atoms with Crippen LogP contribution in [0.25, 0.3) is 0 Å². The Morgan fingerprint density at radius 1 is 0.603 bits per heavy atom. The van der Waals surface area contributed by atoms with Crippen LogP contribution in [0.2, 0.25) is 0 Å². The van der Waals surface area contributed by atoms with Crippen molar-refractivity contribution in [2.75, 3.05) is 39.3 Å². The van der Waals surface area contributed by atoms with E-state index in [0.717, 1.165) is 29.7 Å². The molecule has 0 spiro atoms. The summed E-state index contributed by atoms with van der Waals surface area (Å²) in [5.74, 6) is -1.97. The van der Waals surface area contributed by atoms with Crippen molar-refractivity contribution in [1.29, 1.82) is 0 Å². The van der Waals surface area contributed by atoms with E-state index in [1.54, 1.807) is 7.11 Å². The van der Waals surface area contributed by atoms with Crippen molar-refractivity contribution in [3.8, 4) is 5.75 Å². The Morgan fingerprint density at radius 2 is 0.984 bits per heavy atom. The van der Waals surface area contributed by atoms with Crippen LogP contribution < -0.4 is 31.7 Å². The van der Waals surface area contributed by atoms with Gasteiger partial charge in [-0.1, -0.05) is 76.2 Å². The molecule has 6 atom stereocenters. The number of methoxy groups -OCH3 is 3. The molecule has 0 aromatic heterocycles. The molecule has 6 N–H and O–H groups in total. The van der Waals surface area contributed by atoms with E-state index in [4.69, 9.17) is 25.7 Å². The molecule has 16 heteroatoms. The largest absolute Gasteiger partial charge is 0.497 e. The van der Waals surface area contributed by atoms with Crippen LogP contribution in [0.15, 0.2) is 72.8 Å². The van der Waals surface area contributed by atoms with Gasteiger partial charge in [0.25, 0.3) is 0 Å². The fourth-order valence-corrected chi connectivity index (χ4v) is 9.91. The Morgan fingerprint density at radius 3 is 1.30 bits per heavy atom. The van der Waals surface area contributed by atoms with Crippen molar-refractivity contribution in [2.45, 2.75) is 101 Å². The highest BCUT2D eigenvalue weighted by Gasteiger charge is 2.53.